The van der Waals surface area contributed by atoms with Gasteiger partial charge in [-0.3, -0.25) is 4.79 Å². The Hall–Kier alpha value is -3.06. The van der Waals surface area contributed by atoms with Crippen LogP contribution in [0.15, 0.2) is 46.9 Å². The van der Waals surface area contributed by atoms with E-state index < -0.39 is 0 Å². The van der Waals surface area contributed by atoms with Crippen LogP contribution < -0.4 is 9.80 Å². The van der Waals surface area contributed by atoms with Crippen LogP contribution in [0.3, 0.4) is 0 Å². The lowest BCUT2D eigenvalue weighted by Crippen LogP contribution is -2.48. The summed E-state index contributed by atoms with van der Waals surface area (Å²) in [6, 6.07) is 14.5. The molecule has 4 heterocycles. The molecule has 1 amide bonds. The average molecular weight is 461 g/mol. The van der Waals surface area contributed by atoms with E-state index in [1.807, 2.05) is 17.9 Å². The molecule has 4 aromatic rings. The molecule has 7 heteroatoms. The smallest absolute Gasteiger partial charge is 0.290 e. The summed E-state index contributed by atoms with van der Waals surface area (Å²) in [6.07, 6.45) is 3.79. The van der Waals surface area contributed by atoms with E-state index in [0.717, 1.165) is 58.1 Å². The zero-order valence-corrected chi connectivity index (χ0v) is 19.7. The fraction of sp³-hybridized carbons (Fsp3) is 0.385. The normalized spacial score (nSPS) is 17.3. The topological polar surface area (TPSA) is 52.8 Å². The summed E-state index contributed by atoms with van der Waals surface area (Å²) < 4.78 is 7.27. The monoisotopic (exact) mass is 460 g/mol. The minimum absolute atomic E-state index is 0.0123. The number of furan rings is 1. The number of hydrogen-bond acceptors (Lipinski definition) is 6. The number of para-hydroxylation sites is 1. The molecule has 2 saturated heterocycles. The Kier molecular flexibility index (Phi) is 5.21. The molecule has 6 nitrogen and oxygen atoms in total. The summed E-state index contributed by atoms with van der Waals surface area (Å²) in [4.78, 5) is 24.9. The summed E-state index contributed by atoms with van der Waals surface area (Å²) in [5, 5.41) is 2.09. The van der Waals surface area contributed by atoms with Crippen molar-refractivity contribution in [3.63, 3.8) is 0 Å². The lowest BCUT2D eigenvalue weighted by atomic mass is 10.1. The Balaban J connectivity index is 1.23. The molecule has 2 aliphatic rings. The number of carbonyl (C=O) groups excluding carboxylic acids is 1. The maximum absolute atomic E-state index is 13.3. The maximum atomic E-state index is 13.3. The molecule has 2 aromatic carbocycles. The van der Waals surface area contributed by atoms with Crippen LogP contribution in [0.2, 0.25) is 0 Å². The van der Waals surface area contributed by atoms with Crippen molar-refractivity contribution >= 4 is 49.2 Å². The van der Waals surface area contributed by atoms with Gasteiger partial charge in [-0.1, -0.05) is 29.5 Å². The minimum atomic E-state index is -0.0123. The third-order valence-corrected chi connectivity index (χ3v) is 8.02. The van der Waals surface area contributed by atoms with E-state index >= 15 is 0 Å². The lowest BCUT2D eigenvalue weighted by Gasteiger charge is -2.35. The van der Waals surface area contributed by atoms with Crippen LogP contribution >= 0.6 is 11.3 Å². The van der Waals surface area contributed by atoms with Gasteiger partial charge in [-0.25, -0.2) is 4.98 Å². The lowest BCUT2D eigenvalue weighted by molar-refractivity contribution is 0.0716. The number of anilines is 2. The predicted octanol–water partition coefficient (Wildman–Crippen LogP) is 5.30. The summed E-state index contributed by atoms with van der Waals surface area (Å²) >= 11 is 1.72. The summed E-state index contributed by atoms with van der Waals surface area (Å²) in [5.41, 5.74) is 3.89. The Morgan fingerprint density at radius 1 is 0.939 bits per heavy atom. The Morgan fingerprint density at radius 2 is 1.70 bits per heavy atom. The van der Waals surface area contributed by atoms with Gasteiger partial charge in [-0.2, -0.15) is 0 Å². The number of nitrogens with zero attached hydrogens (tertiary/aromatic N) is 4. The SMILES string of the molecule is Cc1c(C(=O)N2CCN(c3ccccc3)CC2)oc2cc3sc(N4CCCCC4)nc3cc12. The highest BCUT2D eigenvalue weighted by Gasteiger charge is 2.27. The summed E-state index contributed by atoms with van der Waals surface area (Å²) in [5.74, 6) is 0.453. The van der Waals surface area contributed by atoms with Crippen LogP contribution in [-0.2, 0) is 0 Å². The van der Waals surface area contributed by atoms with Gasteiger partial charge in [0.2, 0.25) is 0 Å². The molecule has 0 bridgehead atoms. The van der Waals surface area contributed by atoms with Gasteiger partial charge in [0.25, 0.3) is 5.91 Å². The zero-order valence-electron chi connectivity index (χ0n) is 18.9. The summed E-state index contributed by atoms with van der Waals surface area (Å²) in [6.45, 7) is 7.21. The van der Waals surface area contributed by atoms with E-state index in [-0.39, 0.29) is 5.91 Å². The molecule has 6 rings (SSSR count). The zero-order chi connectivity index (χ0) is 22.4. The van der Waals surface area contributed by atoms with Gasteiger partial charge in [0, 0.05) is 62.0 Å². The highest BCUT2D eigenvalue weighted by atomic mass is 32.1. The van der Waals surface area contributed by atoms with Gasteiger partial charge in [0.15, 0.2) is 10.9 Å². The first-order valence-electron chi connectivity index (χ1n) is 11.9. The molecule has 0 N–H and O–H groups in total. The van der Waals surface area contributed by atoms with Gasteiger partial charge in [0.1, 0.15) is 5.58 Å². The molecule has 0 saturated carbocycles. The highest BCUT2D eigenvalue weighted by molar-refractivity contribution is 7.22. The van der Waals surface area contributed by atoms with E-state index in [2.05, 4.69) is 46.2 Å². The largest absolute Gasteiger partial charge is 0.451 e. The number of amides is 1. The molecule has 0 spiro atoms. The van der Waals surface area contributed by atoms with Crippen LogP contribution in [0, 0.1) is 6.92 Å². The molecule has 33 heavy (non-hydrogen) atoms. The second-order valence-corrected chi connectivity index (χ2v) is 10.0. The first-order chi connectivity index (χ1) is 16.2. The van der Waals surface area contributed by atoms with Crippen molar-refractivity contribution in [1.82, 2.24) is 9.88 Å². The van der Waals surface area contributed by atoms with Gasteiger partial charge in [-0.05, 0) is 44.4 Å². The molecule has 0 radical (unpaired) electrons. The van der Waals surface area contributed by atoms with Crippen LogP contribution in [0.5, 0.6) is 0 Å². The van der Waals surface area contributed by atoms with Crippen molar-refractivity contribution in [2.45, 2.75) is 26.2 Å². The number of aryl methyl sites for hydroxylation is 1. The van der Waals surface area contributed by atoms with E-state index in [9.17, 15) is 4.79 Å². The quantitative estimate of drug-likeness (QED) is 0.415. The fourth-order valence-electron chi connectivity index (χ4n) is 5.00. The number of thiazole rings is 1. The third-order valence-electron chi connectivity index (χ3n) is 6.94. The number of carbonyl (C=O) groups is 1. The standard InChI is InChI=1S/C26H28N4O2S/c1-18-20-16-21-23(33-26(27-21)30-10-6-3-7-11-30)17-22(20)32-24(18)25(31)29-14-12-28(13-15-29)19-8-4-2-5-9-19/h2,4-5,8-9,16-17H,3,6-7,10-15H2,1H3. The molecule has 0 atom stereocenters. The molecule has 2 aromatic heterocycles. The average Bonchev–Trinajstić information content (AvgIpc) is 3.44. The van der Waals surface area contributed by atoms with Crippen molar-refractivity contribution < 1.29 is 9.21 Å². The number of rotatable bonds is 3. The Labute approximate surface area is 197 Å². The van der Waals surface area contributed by atoms with Crippen LogP contribution in [0.25, 0.3) is 21.2 Å². The van der Waals surface area contributed by atoms with Crippen molar-refractivity contribution in [1.29, 1.82) is 0 Å². The van der Waals surface area contributed by atoms with E-state index in [0.29, 0.717) is 18.8 Å². The molecular weight excluding hydrogens is 432 g/mol. The number of piperidine rings is 1. The predicted molar refractivity (Wildman–Crippen MR) is 135 cm³/mol. The fourth-order valence-corrected chi connectivity index (χ4v) is 6.03. The number of fused-ring (bicyclic) bond motifs is 2. The number of benzene rings is 2. The molecule has 2 aliphatic heterocycles. The first kappa shape index (κ1) is 20.5. The summed E-state index contributed by atoms with van der Waals surface area (Å²) in [7, 11) is 0. The van der Waals surface area contributed by atoms with Crippen LogP contribution in [0.1, 0.15) is 35.4 Å². The van der Waals surface area contributed by atoms with Crippen molar-refractivity contribution in [2.24, 2.45) is 0 Å². The maximum Gasteiger partial charge on any atom is 0.290 e. The van der Waals surface area contributed by atoms with Gasteiger partial charge in [-0.15, -0.1) is 0 Å². The van der Waals surface area contributed by atoms with Crippen LogP contribution in [0.4, 0.5) is 10.8 Å². The first-order valence-corrected chi connectivity index (χ1v) is 12.7. The number of hydrogen-bond donors (Lipinski definition) is 0. The van der Waals surface area contributed by atoms with Gasteiger partial charge in [0.05, 0.1) is 10.2 Å². The van der Waals surface area contributed by atoms with Crippen molar-refractivity contribution in [3.8, 4) is 0 Å². The molecular formula is C26H28N4O2S. The second-order valence-electron chi connectivity index (χ2n) is 9.03. The number of aromatic nitrogens is 1. The minimum Gasteiger partial charge on any atom is -0.451 e. The van der Waals surface area contributed by atoms with E-state index in [4.69, 9.17) is 9.40 Å². The Bertz CT molecular complexity index is 1300. The van der Waals surface area contributed by atoms with Crippen molar-refractivity contribution in [3.05, 3.63) is 53.8 Å². The van der Waals surface area contributed by atoms with Gasteiger partial charge >= 0.3 is 0 Å². The second kappa shape index (κ2) is 8.37. The van der Waals surface area contributed by atoms with E-state index in [1.165, 1.54) is 24.9 Å². The van der Waals surface area contributed by atoms with Gasteiger partial charge < -0.3 is 19.1 Å². The van der Waals surface area contributed by atoms with Crippen LogP contribution in [-0.4, -0.2) is 55.1 Å². The molecule has 0 unspecified atom stereocenters. The number of piperazine rings is 1. The third kappa shape index (κ3) is 3.74. The van der Waals surface area contributed by atoms with E-state index in [1.54, 1.807) is 11.3 Å². The van der Waals surface area contributed by atoms with Crippen molar-refractivity contribution in [2.75, 3.05) is 49.1 Å². The Morgan fingerprint density at radius 3 is 2.45 bits per heavy atom. The molecule has 170 valence electrons. The highest BCUT2D eigenvalue weighted by Crippen LogP contribution is 2.36. The molecule has 0 aliphatic carbocycles. The molecule has 2 fully saturated rings.